The Labute approximate surface area is 183 Å². The van der Waals surface area contributed by atoms with Gasteiger partial charge in [-0.1, -0.05) is 24.3 Å². The third kappa shape index (κ3) is 2.93. The first kappa shape index (κ1) is 18.3. The molecule has 154 valence electrons. The molecule has 0 bridgehead atoms. The molecule has 0 aliphatic carbocycles. The molecule has 1 N–H and O–H groups in total. The average molecular weight is 418 g/mol. The number of aromatic hydroxyl groups is 1. The fraction of sp³-hybridized carbons (Fsp3) is 0.0385. The van der Waals surface area contributed by atoms with Gasteiger partial charge in [-0.15, -0.1) is 0 Å². The van der Waals surface area contributed by atoms with Crippen LogP contribution in [0.3, 0.4) is 0 Å². The van der Waals surface area contributed by atoms with Crippen LogP contribution in [0.1, 0.15) is 5.56 Å². The zero-order chi connectivity index (χ0) is 21.7. The second kappa shape index (κ2) is 7.06. The van der Waals surface area contributed by atoms with E-state index in [2.05, 4.69) is 44.6 Å². The molecule has 0 atom stereocenters. The van der Waals surface area contributed by atoms with Crippen LogP contribution in [0.25, 0.3) is 38.7 Å². The van der Waals surface area contributed by atoms with Crippen molar-refractivity contribution in [2.75, 3.05) is 0 Å². The number of fused-ring (bicyclic) bond motifs is 4. The summed E-state index contributed by atoms with van der Waals surface area (Å²) in [6.07, 6.45) is 3.38. The number of benzene rings is 3. The van der Waals surface area contributed by atoms with Gasteiger partial charge in [0.1, 0.15) is 22.8 Å². The van der Waals surface area contributed by atoms with Crippen molar-refractivity contribution in [3.63, 3.8) is 0 Å². The lowest BCUT2D eigenvalue weighted by atomic mass is 10.1. The Hall–Kier alpha value is -4.45. The first-order valence-electron chi connectivity index (χ1n) is 10.3. The van der Waals surface area contributed by atoms with Crippen molar-refractivity contribution in [3.8, 4) is 23.2 Å². The topological polar surface area (TPSA) is 73.1 Å². The number of phenolic OH excluding ortho intramolecular Hbond substituents is 1. The number of pyridine rings is 1. The van der Waals surface area contributed by atoms with Crippen LogP contribution in [-0.4, -0.2) is 24.6 Å². The second-order valence-corrected chi connectivity index (χ2v) is 7.68. The number of aryl methyl sites for hydroxylation is 1. The Bertz CT molecular complexity index is 1640. The maximum absolute atomic E-state index is 10.1. The Balaban J connectivity index is 1.52. The van der Waals surface area contributed by atoms with E-state index in [4.69, 9.17) is 4.74 Å². The van der Waals surface area contributed by atoms with Crippen LogP contribution < -0.4 is 4.74 Å². The summed E-state index contributed by atoms with van der Waals surface area (Å²) in [6, 6.07) is 23.4. The molecule has 0 saturated carbocycles. The minimum absolute atomic E-state index is 0.0709. The van der Waals surface area contributed by atoms with Gasteiger partial charge in [0.15, 0.2) is 0 Å². The van der Waals surface area contributed by atoms with E-state index in [9.17, 15) is 5.11 Å². The molecule has 3 aromatic carbocycles. The van der Waals surface area contributed by atoms with E-state index in [1.165, 1.54) is 0 Å². The molecule has 3 heterocycles. The fourth-order valence-corrected chi connectivity index (χ4v) is 4.08. The lowest BCUT2D eigenvalue weighted by molar-refractivity contribution is 0.458. The van der Waals surface area contributed by atoms with E-state index < -0.39 is 0 Å². The summed E-state index contributed by atoms with van der Waals surface area (Å²) < 4.78 is 8.18. The van der Waals surface area contributed by atoms with Crippen LogP contribution >= 0.6 is 0 Å². The van der Waals surface area contributed by atoms with Crippen LogP contribution in [0.2, 0.25) is 0 Å². The zero-order valence-electron chi connectivity index (χ0n) is 17.2. The van der Waals surface area contributed by atoms with Gasteiger partial charge in [-0.3, -0.25) is 4.57 Å². The quantitative estimate of drug-likeness (QED) is 0.386. The number of hydrogen-bond donors (Lipinski definition) is 1. The number of phenols is 1. The summed E-state index contributed by atoms with van der Waals surface area (Å²) in [7, 11) is 0. The molecule has 6 rings (SSSR count). The minimum atomic E-state index is 0.0709. The predicted octanol–water partition coefficient (Wildman–Crippen LogP) is 5.93. The van der Waals surface area contributed by atoms with Gasteiger partial charge in [-0.2, -0.15) is 0 Å². The van der Waals surface area contributed by atoms with E-state index in [-0.39, 0.29) is 5.75 Å². The van der Waals surface area contributed by atoms with Crippen molar-refractivity contribution < 1.29 is 9.84 Å². The molecule has 32 heavy (non-hydrogen) atoms. The van der Waals surface area contributed by atoms with Gasteiger partial charge in [0.25, 0.3) is 0 Å². The first-order chi connectivity index (χ1) is 15.7. The van der Waals surface area contributed by atoms with E-state index >= 15 is 0 Å². The average Bonchev–Trinajstić information content (AvgIpc) is 3.13. The molecule has 6 nitrogen and oxygen atoms in total. The molecule has 3 aromatic heterocycles. The van der Waals surface area contributed by atoms with Gasteiger partial charge in [0, 0.05) is 23.0 Å². The Morgan fingerprint density at radius 3 is 2.62 bits per heavy atom. The summed E-state index contributed by atoms with van der Waals surface area (Å²) in [5.74, 6) is 1.86. The standard InChI is InChI=1S/C26H18N4O2/c1-16-11-12-27-24(13-16)30-21-7-3-2-5-18(21)19-10-9-17(14-22(19)30)32-25-15-28-20-6-4-8-23(31)26(20)29-25/h2-15,31H,1H3. The molecule has 0 saturated heterocycles. The molecular formula is C26H18N4O2. The van der Waals surface area contributed by atoms with Gasteiger partial charge in [0.2, 0.25) is 5.88 Å². The number of nitrogens with zero attached hydrogens (tertiary/aromatic N) is 4. The van der Waals surface area contributed by atoms with Crippen molar-refractivity contribution >= 4 is 32.8 Å². The molecule has 0 radical (unpaired) electrons. The molecule has 0 amide bonds. The summed E-state index contributed by atoms with van der Waals surface area (Å²) in [5, 5.41) is 12.4. The van der Waals surface area contributed by atoms with Gasteiger partial charge in [-0.05, 0) is 55.0 Å². The van der Waals surface area contributed by atoms with E-state index in [1.807, 2.05) is 42.6 Å². The van der Waals surface area contributed by atoms with Gasteiger partial charge in [-0.25, -0.2) is 15.0 Å². The Morgan fingerprint density at radius 2 is 1.72 bits per heavy atom. The Morgan fingerprint density at radius 1 is 0.844 bits per heavy atom. The maximum Gasteiger partial charge on any atom is 0.238 e. The molecule has 0 aliphatic rings. The van der Waals surface area contributed by atoms with Crippen molar-refractivity contribution in [1.29, 1.82) is 0 Å². The summed E-state index contributed by atoms with van der Waals surface area (Å²) >= 11 is 0. The van der Waals surface area contributed by atoms with Crippen molar-refractivity contribution in [2.45, 2.75) is 6.92 Å². The molecule has 0 aliphatic heterocycles. The third-order valence-electron chi connectivity index (χ3n) is 5.53. The summed E-state index contributed by atoms with van der Waals surface area (Å²) in [5.41, 5.74) is 4.22. The fourth-order valence-electron chi connectivity index (χ4n) is 4.08. The van der Waals surface area contributed by atoms with Gasteiger partial charge < -0.3 is 9.84 Å². The molecule has 0 fully saturated rings. The number of hydrogen-bond acceptors (Lipinski definition) is 5. The van der Waals surface area contributed by atoms with Crippen molar-refractivity contribution in [2.24, 2.45) is 0 Å². The van der Waals surface area contributed by atoms with Gasteiger partial charge in [0.05, 0.1) is 22.7 Å². The highest BCUT2D eigenvalue weighted by Crippen LogP contribution is 2.35. The smallest absolute Gasteiger partial charge is 0.238 e. The third-order valence-corrected chi connectivity index (χ3v) is 5.53. The number of ether oxygens (including phenoxy) is 1. The first-order valence-corrected chi connectivity index (χ1v) is 10.3. The lowest BCUT2D eigenvalue weighted by Crippen LogP contribution is -1.97. The monoisotopic (exact) mass is 418 g/mol. The molecule has 0 unspecified atom stereocenters. The van der Waals surface area contributed by atoms with E-state index in [1.54, 1.807) is 24.4 Å². The highest BCUT2D eigenvalue weighted by atomic mass is 16.5. The molecule has 6 heteroatoms. The largest absolute Gasteiger partial charge is 0.506 e. The number of rotatable bonds is 3. The number of para-hydroxylation sites is 2. The zero-order valence-corrected chi connectivity index (χ0v) is 17.2. The number of aromatic nitrogens is 4. The van der Waals surface area contributed by atoms with Crippen LogP contribution in [-0.2, 0) is 0 Å². The normalized spacial score (nSPS) is 11.4. The van der Waals surface area contributed by atoms with Crippen LogP contribution in [0.15, 0.2) is 85.2 Å². The van der Waals surface area contributed by atoms with E-state index in [0.717, 1.165) is 33.2 Å². The second-order valence-electron chi connectivity index (χ2n) is 7.68. The summed E-state index contributed by atoms with van der Waals surface area (Å²) in [6.45, 7) is 2.06. The SMILES string of the molecule is Cc1ccnc(-n2c3ccccc3c3ccc(Oc4cnc5cccc(O)c5n4)cc32)c1. The molecule has 6 aromatic rings. The maximum atomic E-state index is 10.1. The van der Waals surface area contributed by atoms with Crippen LogP contribution in [0.5, 0.6) is 17.4 Å². The van der Waals surface area contributed by atoms with Crippen LogP contribution in [0, 0.1) is 6.92 Å². The van der Waals surface area contributed by atoms with Crippen molar-refractivity contribution in [3.05, 3.63) is 90.8 Å². The highest BCUT2D eigenvalue weighted by molar-refractivity contribution is 6.09. The molecular weight excluding hydrogens is 400 g/mol. The van der Waals surface area contributed by atoms with Crippen LogP contribution in [0.4, 0.5) is 0 Å². The molecule has 0 spiro atoms. The van der Waals surface area contributed by atoms with Crippen molar-refractivity contribution in [1.82, 2.24) is 19.5 Å². The minimum Gasteiger partial charge on any atom is -0.506 e. The Kier molecular flexibility index (Phi) is 4.04. The van der Waals surface area contributed by atoms with E-state index in [0.29, 0.717) is 22.7 Å². The van der Waals surface area contributed by atoms with Gasteiger partial charge >= 0.3 is 0 Å². The predicted molar refractivity (Wildman–Crippen MR) is 125 cm³/mol. The highest BCUT2D eigenvalue weighted by Gasteiger charge is 2.14. The summed E-state index contributed by atoms with van der Waals surface area (Å²) in [4.78, 5) is 13.4. The lowest BCUT2D eigenvalue weighted by Gasteiger charge is -2.09.